The topological polar surface area (TPSA) is 87.4 Å². The standard InChI is InChI=1S/C12H15NO4/c1-2-10(6-4-3-5-9-13)17-12(16)8-7-11(14)15/h1,10H,3-8H2,(H,14,15). The van der Waals surface area contributed by atoms with Crippen LogP contribution in [0.1, 0.15) is 38.5 Å². The zero-order chi connectivity index (χ0) is 13.1. The molecule has 0 rings (SSSR count). The lowest BCUT2D eigenvalue weighted by Crippen LogP contribution is -2.17. The maximum absolute atomic E-state index is 11.2. The van der Waals surface area contributed by atoms with Gasteiger partial charge in [-0.3, -0.25) is 9.59 Å². The molecule has 1 atom stereocenters. The fourth-order valence-corrected chi connectivity index (χ4v) is 1.14. The highest BCUT2D eigenvalue weighted by Crippen LogP contribution is 2.07. The van der Waals surface area contributed by atoms with Crippen molar-refractivity contribution in [3.8, 4) is 18.4 Å². The molecule has 0 aromatic heterocycles. The van der Waals surface area contributed by atoms with Gasteiger partial charge in [-0.25, -0.2) is 0 Å². The second kappa shape index (κ2) is 9.23. The Kier molecular flexibility index (Phi) is 8.14. The van der Waals surface area contributed by atoms with Gasteiger partial charge < -0.3 is 9.84 Å². The lowest BCUT2D eigenvalue weighted by atomic mass is 10.1. The number of rotatable bonds is 8. The van der Waals surface area contributed by atoms with Crippen LogP contribution in [0, 0.1) is 23.7 Å². The van der Waals surface area contributed by atoms with Crippen molar-refractivity contribution in [2.75, 3.05) is 0 Å². The van der Waals surface area contributed by atoms with Crippen LogP contribution in [0.25, 0.3) is 0 Å². The number of carboxylic acid groups (broad SMARTS) is 1. The van der Waals surface area contributed by atoms with Gasteiger partial charge in [-0.1, -0.05) is 5.92 Å². The molecule has 0 aliphatic heterocycles. The number of terminal acetylenes is 1. The van der Waals surface area contributed by atoms with Gasteiger partial charge in [0.15, 0.2) is 6.10 Å². The monoisotopic (exact) mass is 237 g/mol. The Labute approximate surface area is 100 Å². The van der Waals surface area contributed by atoms with Crippen molar-refractivity contribution in [1.29, 1.82) is 5.26 Å². The number of nitrogens with zero attached hydrogens (tertiary/aromatic N) is 1. The smallest absolute Gasteiger partial charge is 0.307 e. The van der Waals surface area contributed by atoms with Gasteiger partial charge in [0.1, 0.15) is 0 Å². The summed E-state index contributed by atoms with van der Waals surface area (Å²) < 4.78 is 4.91. The molecule has 0 aliphatic rings. The van der Waals surface area contributed by atoms with Gasteiger partial charge in [-0.2, -0.15) is 5.26 Å². The van der Waals surface area contributed by atoms with Gasteiger partial charge in [-0.15, -0.1) is 6.42 Å². The molecule has 0 spiro atoms. The van der Waals surface area contributed by atoms with E-state index in [0.29, 0.717) is 25.7 Å². The number of hydrogen-bond donors (Lipinski definition) is 1. The molecule has 0 saturated heterocycles. The van der Waals surface area contributed by atoms with E-state index in [4.69, 9.17) is 21.5 Å². The minimum Gasteiger partial charge on any atom is -0.481 e. The van der Waals surface area contributed by atoms with E-state index in [-0.39, 0.29) is 12.8 Å². The summed E-state index contributed by atoms with van der Waals surface area (Å²) in [5.41, 5.74) is 0. The Hall–Kier alpha value is -2.01. The summed E-state index contributed by atoms with van der Waals surface area (Å²) in [5, 5.41) is 16.7. The molecule has 1 N–H and O–H groups in total. The van der Waals surface area contributed by atoms with E-state index in [1.807, 2.05) is 6.07 Å². The van der Waals surface area contributed by atoms with Crippen molar-refractivity contribution in [2.24, 2.45) is 0 Å². The summed E-state index contributed by atoms with van der Waals surface area (Å²) in [6, 6.07) is 2.01. The summed E-state index contributed by atoms with van der Waals surface area (Å²) in [4.78, 5) is 21.4. The molecule has 0 saturated carbocycles. The number of carbonyl (C=O) groups excluding carboxylic acids is 1. The van der Waals surface area contributed by atoms with Crippen LogP contribution < -0.4 is 0 Å². The molecule has 5 heteroatoms. The van der Waals surface area contributed by atoms with Crippen molar-refractivity contribution >= 4 is 11.9 Å². The fraction of sp³-hybridized carbons (Fsp3) is 0.583. The fourth-order valence-electron chi connectivity index (χ4n) is 1.14. The summed E-state index contributed by atoms with van der Waals surface area (Å²) >= 11 is 0. The minimum absolute atomic E-state index is 0.175. The van der Waals surface area contributed by atoms with Crippen molar-refractivity contribution < 1.29 is 19.4 Å². The minimum atomic E-state index is -1.05. The van der Waals surface area contributed by atoms with Crippen LogP contribution in [0.3, 0.4) is 0 Å². The summed E-state index contributed by atoms with van der Waals surface area (Å²) in [6.07, 6.45) is 6.48. The number of aliphatic carboxylic acids is 1. The molecule has 0 radical (unpaired) electrons. The molecule has 0 bridgehead atoms. The number of hydrogen-bond acceptors (Lipinski definition) is 4. The molecular weight excluding hydrogens is 222 g/mol. The van der Waals surface area contributed by atoms with Crippen molar-refractivity contribution in [3.63, 3.8) is 0 Å². The predicted molar refractivity (Wildman–Crippen MR) is 59.7 cm³/mol. The molecule has 0 aliphatic carbocycles. The van der Waals surface area contributed by atoms with Crippen LogP contribution in [-0.2, 0) is 14.3 Å². The van der Waals surface area contributed by atoms with Crippen LogP contribution in [0.2, 0.25) is 0 Å². The second-order valence-electron chi connectivity index (χ2n) is 3.44. The number of ether oxygens (including phenoxy) is 1. The van der Waals surface area contributed by atoms with Gasteiger partial charge in [-0.05, 0) is 19.3 Å². The van der Waals surface area contributed by atoms with Crippen LogP contribution in [-0.4, -0.2) is 23.1 Å². The van der Waals surface area contributed by atoms with Crippen LogP contribution in [0.4, 0.5) is 0 Å². The molecule has 17 heavy (non-hydrogen) atoms. The Morgan fingerprint density at radius 1 is 1.35 bits per heavy atom. The molecule has 1 unspecified atom stereocenters. The Bertz CT molecular complexity index is 337. The van der Waals surface area contributed by atoms with Crippen molar-refractivity contribution in [3.05, 3.63) is 0 Å². The third kappa shape index (κ3) is 8.95. The second-order valence-corrected chi connectivity index (χ2v) is 3.44. The maximum Gasteiger partial charge on any atom is 0.307 e. The number of carboxylic acids is 1. The predicted octanol–water partition coefficient (Wildman–Crippen LogP) is 1.48. The third-order valence-corrected chi connectivity index (χ3v) is 2.01. The first-order chi connectivity index (χ1) is 8.10. The number of carbonyl (C=O) groups is 2. The van der Waals surface area contributed by atoms with Gasteiger partial charge >= 0.3 is 11.9 Å². The first-order valence-corrected chi connectivity index (χ1v) is 5.34. The summed E-state index contributed by atoms with van der Waals surface area (Å²) in [6.45, 7) is 0. The van der Waals surface area contributed by atoms with Gasteiger partial charge in [0.25, 0.3) is 0 Å². The van der Waals surface area contributed by atoms with Crippen LogP contribution in [0.5, 0.6) is 0 Å². The highest BCUT2D eigenvalue weighted by atomic mass is 16.5. The SMILES string of the molecule is C#CC(CCCCC#N)OC(=O)CCC(=O)O. The first kappa shape index (κ1) is 15.0. The molecule has 92 valence electrons. The van der Waals surface area contributed by atoms with Crippen molar-refractivity contribution in [1.82, 2.24) is 0 Å². The normalized spacial score (nSPS) is 10.9. The highest BCUT2D eigenvalue weighted by Gasteiger charge is 2.12. The van der Waals surface area contributed by atoms with Crippen LogP contribution in [0.15, 0.2) is 0 Å². The number of nitriles is 1. The van der Waals surface area contributed by atoms with E-state index in [9.17, 15) is 9.59 Å². The van der Waals surface area contributed by atoms with E-state index in [0.717, 1.165) is 0 Å². The first-order valence-electron chi connectivity index (χ1n) is 5.34. The van der Waals surface area contributed by atoms with Crippen LogP contribution >= 0.6 is 0 Å². The van der Waals surface area contributed by atoms with E-state index < -0.39 is 18.0 Å². The van der Waals surface area contributed by atoms with E-state index in [1.54, 1.807) is 0 Å². The van der Waals surface area contributed by atoms with Gasteiger partial charge in [0.05, 0.1) is 18.9 Å². The van der Waals surface area contributed by atoms with E-state index in [2.05, 4.69) is 5.92 Å². The molecule has 0 amide bonds. The molecule has 0 heterocycles. The number of unbranched alkanes of at least 4 members (excludes halogenated alkanes) is 2. The zero-order valence-electron chi connectivity index (χ0n) is 9.52. The average Bonchev–Trinajstić information content (AvgIpc) is 2.30. The lowest BCUT2D eigenvalue weighted by molar-refractivity contribution is -0.150. The Morgan fingerprint density at radius 2 is 2.06 bits per heavy atom. The molecular formula is C12H15NO4. The highest BCUT2D eigenvalue weighted by molar-refractivity contribution is 5.76. The number of esters is 1. The molecule has 5 nitrogen and oxygen atoms in total. The van der Waals surface area contributed by atoms with Crippen molar-refractivity contribution in [2.45, 2.75) is 44.6 Å². The summed E-state index contributed by atoms with van der Waals surface area (Å²) in [5.74, 6) is 0.675. The van der Waals surface area contributed by atoms with Gasteiger partial charge in [0.2, 0.25) is 0 Å². The third-order valence-electron chi connectivity index (χ3n) is 2.01. The maximum atomic E-state index is 11.2. The Morgan fingerprint density at radius 3 is 2.59 bits per heavy atom. The van der Waals surface area contributed by atoms with Gasteiger partial charge in [0, 0.05) is 6.42 Å². The van der Waals surface area contributed by atoms with E-state index >= 15 is 0 Å². The molecule has 0 fully saturated rings. The lowest BCUT2D eigenvalue weighted by Gasteiger charge is -2.11. The summed E-state index contributed by atoms with van der Waals surface area (Å²) in [7, 11) is 0. The Balaban J connectivity index is 3.81. The average molecular weight is 237 g/mol. The van der Waals surface area contributed by atoms with E-state index in [1.165, 1.54) is 0 Å². The zero-order valence-corrected chi connectivity index (χ0v) is 9.52. The molecule has 0 aromatic rings. The molecule has 0 aromatic carbocycles. The quantitative estimate of drug-likeness (QED) is 0.392. The largest absolute Gasteiger partial charge is 0.481 e.